The topological polar surface area (TPSA) is 71.1 Å². The molecule has 0 radical (unpaired) electrons. The van der Waals surface area contributed by atoms with E-state index in [0.717, 1.165) is 25.4 Å². The van der Waals surface area contributed by atoms with Crippen LogP contribution in [-0.4, -0.2) is 66.7 Å². The predicted octanol–water partition coefficient (Wildman–Crippen LogP) is 3.28. The normalized spacial score (nSPS) is 16.3. The molecule has 1 aliphatic heterocycles. The number of hydrogen-bond donors (Lipinski definition) is 1. The molecule has 168 valence electrons. The fourth-order valence-electron chi connectivity index (χ4n) is 3.48. The van der Waals surface area contributed by atoms with Gasteiger partial charge in [-0.15, -0.1) is 0 Å². The van der Waals surface area contributed by atoms with Gasteiger partial charge in [0, 0.05) is 32.7 Å². The summed E-state index contributed by atoms with van der Waals surface area (Å²) in [5.74, 6) is 1.10. The van der Waals surface area contributed by atoms with E-state index in [1.165, 1.54) is 5.56 Å². The first-order valence-electron chi connectivity index (χ1n) is 10.7. The van der Waals surface area contributed by atoms with Gasteiger partial charge in [0.2, 0.25) is 5.91 Å². The van der Waals surface area contributed by atoms with Crippen molar-refractivity contribution in [2.75, 3.05) is 33.3 Å². The van der Waals surface area contributed by atoms with Gasteiger partial charge in [0.1, 0.15) is 17.4 Å². The monoisotopic (exact) mass is 419 g/mol. The lowest BCUT2D eigenvalue weighted by Gasteiger charge is -2.37. The van der Waals surface area contributed by atoms with Crippen molar-refractivity contribution in [3.8, 4) is 5.75 Å². The number of nitrogens with zero attached hydrogens (tertiary/aromatic N) is 2. The van der Waals surface area contributed by atoms with Crippen LogP contribution in [-0.2, 0) is 16.1 Å². The van der Waals surface area contributed by atoms with Gasteiger partial charge in [-0.05, 0) is 50.8 Å². The second kappa shape index (κ2) is 10.7. The Labute approximate surface area is 180 Å². The Bertz CT molecular complexity index is 689. The van der Waals surface area contributed by atoms with Gasteiger partial charge in [0.05, 0.1) is 7.11 Å². The van der Waals surface area contributed by atoms with Crippen LogP contribution in [0.1, 0.15) is 46.6 Å². The van der Waals surface area contributed by atoms with E-state index in [-0.39, 0.29) is 11.8 Å². The molecule has 0 bridgehead atoms. The maximum absolute atomic E-state index is 13.1. The molecule has 0 spiro atoms. The van der Waals surface area contributed by atoms with Gasteiger partial charge in [-0.3, -0.25) is 9.69 Å². The molecule has 1 aliphatic rings. The predicted molar refractivity (Wildman–Crippen MR) is 117 cm³/mol. The number of carbonyl (C=O) groups excluding carboxylic acids is 2. The first-order chi connectivity index (χ1) is 14.1. The van der Waals surface area contributed by atoms with E-state index in [1.807, 2.05) is 51.7 Å². The highest BCUT2D eigenvalue weighted by molar-refractivity contribution is 5.85. The first kappa shape index (κ1) is 24.0. The number of benzene rings is 1. The molecule has 1 heterocycles. The standard InChI is InChI=1S/C23H37N3O4/c1-17(2)15-20(24-22(28)30-23(3,4)5)21(27)26-13-11-25(12-14-26)16-18-7-9-19(29-6)10-8-18/h7-10,17,20H,11-16H2,1-6H3,(H,24,28)/t20-/m0/s1. The van der Waals surface area contributed by atoms with Crippen molar-refractivity contribution in [3.05, 3.63) is 29.8 Å². The lowest BCUT2D eigenvalue weighted by molar-refractivity contribution is -0.135. The maximum Gasteiger partial charge on any atom is 0.408 e. The molecule has 1 aromatic carbocycles. The molecule has 2 rings (SSSR count). The number of ether oxygens (including phenoxy) is 2. The number of piperazine rings is 1. The van der Waals surface area contributed by atoms with Crippen molar-refractivity contribution in [3.63, 3.8) is 0 Å². The van der Waals surface area contributed by atoms with Crippen molar-refractivity contribution >= 4 is 12.0 Å². The largest absolute Gasteiger partial charge is 0.497 e. The summed E-state index contributed by atoms with van der Waals surface area (Å²) in [6.45, 7) is 13.3. The van der Waals surface area contributed by atoms with Crippen LogP contribution in [0.2, 0.25) is 0 Å². The molecule has 1 atom stereocenters. The van der Waals surface area contributed by atoms with E-state index in [2.05, 4.69) is 22.3 Å². The molecule has 1 N–H and O–H groups in total. The Morgan fingerprint density at radius 2 is 1.67 bits per heavy atom. The van der Waals surface area contributed by atoms with Crippen molar-refractivity contribution in [1.82, 2.24) is 15.1 Å². The van der Waals surface area contributed by atoms with Gasteiger partial charge in [0.15, 0.2) is 0 Å². The summed E-state index contributed by atoms with van der Waals surface area (Å²) in [5, 5.41) is 2.79. The van der Waals surface area contributed by atoms with Crippen LogP contribution >= 0.6 is 0 Å². The number of rotatable bonds is 7. The first-order valence-corrected chi connectivity index (χ1v) is 10.7. The van der Waals surface area contributed by atoms with Crippen LogP contribution in [0.15, 0.2) is 24.3 Å². The fourth-order valence-corrected chi connectivity index (χ4v) is 3.48. The number of nitrogens with one attached hydrogen (secondary N) is 1. The molecule has 1 saturated heterocycles. The molecule has 7 heteroatoms. The molecule has 0 unspecified atom stereocenters. The zero-order valence-electron chi connectivity index (χ0n) is 19.2. The van der Waals surface area contributed by atoms with Crippen molar-refractivity contribution in [1.29, 1.82) is 0 Å². The summed E-state index contributed by atoms with van der Waals surface area (Å²) in [4.78, 5) is 29.5. The van der Waals surface area contributed by atoms with Crippen LogP contribution in [0.3, 0.4) is 0 Å². The molecule has 1 fully saturated rings. The molecular formula is C23H37N3O4. The number of methoxy groups -OCH3 is 1. The molecular weight excluding hydrogens is 382 g/mol. The molecule has 2 amide bonds. The minimum Gasteiger partial charge on any atom is -0.497 e. The van der Waals surface area contributed by atoms with Crippen LogP contribution in [0.5, 0.6) is 5.75 Å². The SMILES string of the molecule is COc1ccc(CN2CCN(C(=O)[C@H](CC(C)C)NC(=O)OC(C)(C)C)CC2)cc1. The quantitative estimate of drug-likeness (QED) is 0.734. The smallest absolute Gasteiger partial charge is 0.408 e. The van der Waals surface area contributed by atoms with Gasteiger partial charge >= 0.3 is 6.09 Å². The minimum atomic E-state index is -0.595. The number of alkyl carbamates (subject to hydrolysis) is 1. The average molecular weight is 420 g/mol. The highest BCUT2D eigenvalue weighted by atomic mass is 16.6. The molecule has 30 heavy (non-hydrogen) atoms. The highest BCUT2D eigenvalue weighted by Crippen LogP contribution is 2.16. The lowest BCUT2D eigenvalue weighted by Crippen LogP contribution is -2.55. The van der Waals surface area contributed by atoms with Gasteiger partial charge < -0.3 is 19.7 Å². The summed E-state index contributed by atoms with van der Waals surface area (Å²) >= 11 is 0. The molecule has 0 aliphatic carbocycles. The third kappa shape index (κ3) is 7.86. The van der Waals surface area contributed by atoms with Crippen LogP contribution in [0, 0.1) is 5.92 Å². The van der Waals surface area contributed by atoms with E-state index in [1.54, 1.807) is 7.11 Å². The molecule has 7 nitrogen and oxygen atoms in total. The van der Waals surface area contributed by atoms with Crippen molar-refractivity contribution < 1.29 is 19.1 Å². The number of amides is 2. The van der Waals surface area contributed by atoms with Crippen molar-refractivity contribution in [2.45, 2.75) is 59.2 Å². The third-order valence-corrected chi connectivity index (χ3v) is 4.95. The molecule has 0 saturated carbocycles. The Kier molecular flexibility index (Phi) is 8.53. The molecule has 0 aromatic heterocycles. The van der Waals surface area contributed by atoms with E-state index in [4.69, 9.17) is 9.47 Å². The van der Waals surface area contributed by atoms with Gasteiger partial charge in [-0.25, -0.2) is 4.79 Å². The van der Waals surface area contributed by atoms with Crippen molar-refractivity contribution in [2.24, 2.45) is 5.92 Å². The summed E-state index contributed by atoms with van der Waals surface area (Å²) in [6, 6.07) is 7.51. The van der Waals surface area contributed by atoms with Crippen LogP contribution in [0.4, 0.5) is 4.79 Å². The van der Waals surface area contributed by atoms with Crippen LogP contribution in [0.25, 0.3) is 0 Å². The summed E-state index contributed by atoms with van der Waals surface area (Å²) in [5.41, 5.74) is 0.627. The highest BCUT2D eigenvalue weighted by Gasteiger charge is 2.30. The van der Waals surface area contributed by atoms with E-state index in [0.29, 0.717) is 19.5 Å². The lowest BCUT2D eigenvalue weighted by atomic mass is 10.0. The molecule has 1 aromatic rings. The van der Waals surface area contributed by atoms with Gasteiger partial charge in [0.25, 0.3) is 0 Å². The average Bonchev–Trinajstić information content (AvgIpc) is 2.66. The second-order valence-electron chi connectivity index (χ2n) is 9.28. The fraction of sp³-hybridized carbons (Fsp3) is 0.652. The Hall–Kier alpha value is -2.28. The van der Waals surface area contributed by atoms with Crippen LogP contribution < -0.4 is 10.1 Å². The summed E-state index contributed by atoms with van der Waals surface area (Å²) in [6.07, 6.45) is 0.0454. The van der Waals surface area contributed by atoms with E-state index >= 15 is 0 Å². The number of hydrogen-bond acceptors (Lipinski definition) is 5. The summed E-state index contributed by atoms with van der Waals surface area (Å²) < 4.78 is 10.6. The second-order valence-corrected chi connectivity index (χ2v) is 9.28. The maximum atomic E-state index is 13.1. The third-order valence-electron chi connectivity index (χ3n) is 4.95. The van der Waals surface area contributed by atoms with E-state index < -0.39 is 17.7 Å². The zero-order chi connectivity index (χ0) is 22.3. The number of carbonyl (C=O) groups is 2. The minimum absolute atomic E-state index is 0.0290. The van der Waals surface area contributed by atoms with Gasteiger partial charge in [-0.1, -0.05) is 26.0 Å². The Morgan fingerprint density at radius 3 is 2.17 bits per heavy atom. The summed E-state index contributed by atoms with van der Waals surface area (Å²) in [7, 11) is 1.66. The van der Waals surface area contributed by atoms with E-state index in [9.17, 15) is 9.59 Å². The Balaban J connectivity index is 1.90. The zero-order valence-corrected chi connectivity index (χ0v) is 19.2. The Morgan fingerprint density at radius 1 is 1.07 bits per heavy atom. The van der Waals surface area contributed by atoms with Gasteiger partial charge in [-0.2, -0.15) is 0 Å².